The number of aromatic hydroxyl groups is 1. The zero-order valence-corrected chi connectivity index (χ0v) is 10.8. The van der Waals surface area contributed by atoms with E-state index in [1.54, 1.807) is 12.1 Å². The molecule has 1 heterocycles. The third kappa shape index (κ3) is 2.63. The third-order valence-corrected chi connectivity index (χ3v) is 3.00. The van der Waals surface area contributed by atoms with Crippen molar-refractivity contribution in [2.45, 2.75) is 20.4 Å². The number of hydrogen-bond donors (Lipinski definition) is 2. The van der Waals surface area contributed by atoms with Crippen LogP contribution >= 0.6 is 0 Å². The maximum atomic E-state index is 9.67. The highest BCUT2D eigenvalue weighted by atomic mass is 16.3. The number of benzene rings is 1. The van der Waals surface area contributed by atoms with Gasteiger partial charge in [0.2, 0.25) is 0 Å². The van der Waals surface area contributed by atoms with E-state index in [-0.39, 0.29) is 5.75 Å². The van der Waals surface area contributed by atoms with Crippen molar-refractivity contribution in [3.8, 4) is 11.8 Å². The summed E-state index contributed by atoms with van der Waals surface area (Å²) in [6, 6.07) is 9.16. The summed E-state index contributed by atoms with van der Waals surface area (Å²) >= 11 is 0. The molecule has 5 nitrogen and oxygen atoms in total. The van der Waals surface area contributed by atoms with Crippen molar-refractivity contribution >= 4 is 5.82 Å². The Kier molecular flexibility index (Phi) is 3.62. The number of nitrogens with zero attached hydrogens (tertiary/aromatic N) is 3. The second-order valence-electron chi connectivity index (χ2n) is 4.23. The molecule has 0 aliphatic carbocycles. The van der Waals surface area contributed by atoms with Gasteiger partial charge in [-0.05, 0) is 25.5 Å². The minimum atomic E-state index is 0.213. The highest BCUT2D eigenvalue weighted by Gasteiger charge is 2.10. The molecule has 0 saturated carbocycles. The molecule has 2 N–H and O–H groups in total. The third-order valence-electron chi connectivity index (χ3n) is 3.00. The van der Waals surface area contributed by atoms with Crippen molar-refractivity contribution in [3.05, 3.63) is 46.6 Å². The molecule has 0 bridgehead atoms. The van der Waals surface area contributed by atoms with Gasteiger partial charge >= 0.3 is 0 Å². The summed E-state index contributed by atoms with van der Waals surface area (Å²) in [7, 11) is 0. The van der Waals surface area contributed by atoms with E-state index in [9.17, 15) is 5.11 Å². The van der Waals surface area contributed by atoms with Gasteiger partial charge in [-0.25, -0.2) is 0 Å². The molecule has 0 unspecified atom stereocenters. The van der Waals surface area contributed by atoms with Crippen molar-refractivity contribution in [2.24, 2.45) is 0 Å². The maximum Gasteiger partial charge on any atom is 0.167 e. The molecule has 0 atom stereocenters. The summed E-state index contributed by atoms with van der Waals surface area (Å²) < 4.78 is 0. The smallest absolute Gasteiger partial charge is 0.167 e. The minimum absolute atomic E-state index is 0.213. The molecule has 1 aromatic heterocycles. The van der Waals surface area contributed by atoms with Crippen LogP contribution in [0.3, 0.4) is 0 Å². The van der Waals surface area contributed by atoms with Gasteiger partial charge in [0.05, 0.1) is 5.69 Å². The van der Waals surface area contributed by atoms with Crippen LogP contribution in [0, 0.1) is 25.2 Å². The number of aromatic nitrogens is 2. The van der Waals surface area contributed by atoms with Gasteiger partial charge in [-0.2, -0.15) is 10.4 Å². The van der Waals surface area contributed by atoms with Gasteiger partial charge in [-0.1, -0.05) is 18.2 Å². The van der Waals surface area contributed by atoms with Crippen molar-refractivity contribution < 1.29 is 5.11 Å². The first-order valence-electron chi connectivity index (χ1n) is 5.88. The van der Waals surface area contributed by atoms with Crippen LogP contribution in [0.15, 0.2) is 24.3 Å². The second-order valence-corrected chi connectivity index (χ2v) is 4.23. The van der Waals surface area contributed by atoms with Gasteiger partial charge < -0.3 is 10.4 Å². The average Bonchev–Trinajstić information content (AvgIpc) is 2.41. The van der Waals surface area contributed by atoms with Gasteiger partial charge in [0, 0.05) is 12.1 Å². The molecular weight excluding hydrogens is 240 g/mol. The Morgan fingerprint density at radius 2 is 2.00 bits per heavy atom. The monoisotopic (exact) mass is 254 g/mol. The lowest BCUT2D eigenvalue weighted by Crippen LogP contribution is -2.07. The number of nitriles is 1. The van der Waals surface area contributed by atoms with Gasteiger partial charge in [0.1, 0.15) is 17.4 Å². The quantitative estimate of drug-likeness (QED) is 0.878. The Balaban J connectivity index is 2.24. The fraction of sp³-hybridized carbons (Fsp3) is 0.214. The molecule has 5 heteroatoms. The number of phenolic OH excluding ortho intramolecular Hbond substituents is 1. The first-order chi connectivity index (χ1) is 9.13. The fourth-order valence-electron chi connectivity index (χ4n) is 1.71. The summed E-state index contributed by atoms with van der Waals surface area (Å²) in [4.78, 5) is 0. The Morgan fingerprint density at radius 1 is 1.26 bits per heavy atom. The molecule has 0 spiro atoms. The molecule has 2 rings (SSSR count). The lowest BCUT2D eigenvalue weighted by Gasteiger charge is -2.10. The molecule has 0 amide bonds. The number of phenols is 1. The standard InChI is InChI=1S/C14H14N4O/c1-9-10(2)17-18-14(12(9)7-15)16-8-11-5-3-4-6-13(11)19/h3-6,19H,8H2,1-2H3,(H,16,18). The normalized spacial score (nSPS) is 9.95. The molecule has 96 valence electrons. The van der Waals surface area contributed by atoms with Crippen LogP contribution in [0.25, 0.3) is 0 Å². The Hall–Kier alpha value is -2.61. The van der Waals surface area contributed by atoms with Gasteiger partial charge in [0.15, 0.2) is 5.82 Å². The number of hydrogen-bond acceptors (Lipinski definition) is 5. The Bertz CT molecular complexity index is 646. The van der Waals surface area contributed by atoms with Crippen molar-refractivity contribution in [1.29, 1.82) is 5.26 Å². The van der Waals surface area contributed by atoms with Crippen LogP contribution in [-0.2, 0) is 6.54 Å². The van der Waals surface area contributed by atoms with Crippen LogP contribution in [0.2, 0.25) is 0 Å². The van der Waals surface area contributed by atoms with E-state index in [2.05, 4.69) is 21.6 Å². The van der Waals surface area contributed by atoms with E-state index >= 15 is 0 Å². The van der Waals surface area contributed by atoms with Crippen LogP contribution in [0.5, 0.6) is 5.75 Å². The van der Waals surface area contributed by atoms with Gasteiger partial charge in [-0.3, -0.25) is 0 Å². The number of aryl methyl sites for hydroxylation is 1. The highest BCUT2D eigenvalue weighted by molar-refractivity contribution is 5.56. The average molecular weight is 254 g/mol. The lowest BCUT2D eigenvalue weighted by molar-refractivity contribution is 0.469. The molecular formula is C14H14N4O. The fourth-order valence-corrected chi connectivity index (χ4v) is 1.71. The van der Waals surface area contributed by atoms with Crippen molar-refractivity contribution in [3.63, 3.8) is 0 Å². The molecule has 0 saturated heterocycles. The van der Waals surface area contributed by atoms with E-state index in [1.165, 1.54) is 0 Å². The van der Waals surface area contributed by atoms with E-state index < -0.39 is 0 Å². The number of nitrogens with one attached hydrogen (secondary N) is 1. The molecule has 1 aromatic carbocycles. The first-order valence-corrected chi connectivity index (χ1v) is 5.88. The molecule has 0 fully saturated rings. The van der Waals surface area contributed by atoms with Crippen LogP contribution in [0.4, 0.5) is 5.82 Å². The molecule has 0 aliphatic heterocycles. The lowest BCUT2D eigenvalue weighted by atomic mass is 10.1. The van der Waals surface area contributed by atoms with Crippen LogP contribution < -0.4 is 5.32 Å². The highest BCUT2D eigenvalue weighted by Crippen LogP contribution is 2.20. The van der Waals surface area contributed by atoms with Crippen molar-refractivity contribution in [2.75, 3.05) is 5.32 Å². The predicted molar refractivity (Wildman–Crippen MR) is 71.7 cm³/mol. The SMILES string of the molecule is Cc1nnc(NCc2ccccc2O)c(C#N)c1C. The van der Waals surface area contributed by atoms with Crippen LogP contribution in [0.1, 0.15) is 22.4 Å². The number of para-hydroxylation sites is 1. The molecule has 0 aliphatic rings. The summed E-state index contributed by atoms with van der Waals surface area (Å²) in [6.45, 7) is 4.04. The molecule has 2 aromatic rings. The Labute approximate surface area is 111 Å². The van der Waals surface area contributed by atoms with E-state index in [0.717, 1.165) is 16.8 Å². The van der Waals surface area contributed by atoms with Crippen molar-refractivity contribution in [1.82, 2.24) is 10.2 Å². The first kappa shape index (κ1) is 12.8. The zero-order chi connectivity index (χ0) is 13.8. The summed E-state index contributed by atoms with van der Waals surface area (Å²) in [5.74, 6) is 0.652. The van der Waals surface area contributed by atoms with E-state index in [1.807, 2.05) is 26.0 Å². The topological polar surface area (TPSA) is 81.8 Å². The van der Waals surface area contributed by atoms with Crippen LogP contribution in [-0.4, -0.2) is 15.3 Å². The molecule has 0 radical (unpaired) electrons. The maximum absolute atomic E-state index is 9.67. The largest absolute Gasteiger partial charge is 0.508 e. The number of anilines is 1. The summed E-state index contributed by atoms with van der Waals surface area (Å²) in [5.41, 5.74) is 2.79. The zero-order valence-electron chi connectivity index (χ0n) is 10.8. The summed E-state index contributed by atoms with van der Waals surface area (Å²) in [6.07, 6.45) is 0. The van der Waals surface area contributed by atoms with E-state index in [0.29, 0.717) is 17.9 Å². The van der Waals surface area contributed by atoms with Gasteiger partial charge in [0.25, 0.3) is 0 Å². The Morgan fingerprint density at radius 3 is 2.68 bits per heavy atom. The molecule has 19 heavy (non-hydrogen) atoms. The van der Waals surface area contributed by atoms with Gasteiger partial charge in [-0.15, -0.1) is 5.10 Å². The summed E-state index contributed by atoms with van der Waals surface area (Å²) in [5, 5.41) is 29.9. The minimum Gasteiger partial charge on any atom is -0.508 e. The predicted octanol–water partition coefficient (Wildman–Crippen LogP) is 2.28. The number of rotatable bonds is 3. The van der Waals surface area contributed by atoms with E-state index in [4.69, 9.17) is 5.26 Å². The second kappa shape index (κ2) is 5.36.